The Hall–Kier alpha value is 0.268. The van der Waals surface area contributed by atoms with Crippen LogP contribution in [0.2, 0.25) is 0 Å². The summed E-state index contributed by atoms with van der Waals surface area (Å²) in [7, 11) is 2.52. The van der Waals surface area contributed by atoms with Crippen molar-refractivity contribution in [1.82, 2.24) is 4.98 Å². The van der Waals surface area contributed by atoms with Gasteiger partial charge in [0.2, 0.25) is 0 Å². The van der Waals surface area contributed by atoms with Gasteiger partial charge in [-0.3, -0.25) is 4.98 Å². The maximum atomic E-state index is 3.94. The van der Waals surface area contributed by atoms with Crippen molar-refractivity contribution < 1.29 is 21.1 Å². The average Bonchev–Trinajstić information content (AvgIpc) is 1.91. The summed E-state index contributed by atoms with van der Waals surface area (Å²) in [5, 5.41) is 0. The Balaban J connectivity index is 0. The first kappa shape index (κ1) is 13.8. The molecular formula is C8H13NPW-. The van der Waals surface area contributed by atoms with E-state index in [4.69, 9.17) is 0 Å². The largest absolute Gasteiger partial charge is 0.335 e. The maximum absolute atomic E-state index is 3.94. The van der Waals surface area contributed by atoms with Crippen LogP contribution in [0.4, 0.5) is 0 Å². The Bertz CT molecular complexity index is 155. The van der Waals surface area contributed by atoms with Crippen LogP contribution in [0, 0.1) is 6.42 Å². The van der Waals surface area contributed by atoms with Crippen molar-refractivity contribution in [3.8, 4) is 0 Å². The van der Waals surface area contributed by atoms with E-state index in [1.807, 2.05) is 38.5 Å². The van der Waals surface area contributed by atoms with Crippen molar-refractivity contribution in [3.63, 3.8) is 0 Å². The third-order valence-electron chi connectivity index (χ3n) is 0.688. The first-order valence-electron chi connectivity index (χ1n) is 3.21. The van der Waals surface area contributed by atoms with E-state index in [-0.39, 0.29) is 21.1 Å². The van der Waals surface area contributed by atoms with Gasteiger partial charge in [0.1, 0.15) is 0 Å². The van der Waals surface area contributed by atoms with Crippen LogP contribution in [0.25, 0.3) is 0 Å². The van der Waals surface area contributed by atoms with E-state index in [2.05, 4.69) is 14.2 Å². The van der Waals surface area contributed by atoms with Crippen LogP contribution < -0.4 is 5.44 Å². The molecular weight excluding hydrogens is 325 g/mol. The van der Waals surface area contributed by atoms with E-state index < -0.39 is 0 Å². The molecule has 0 fully saturated rings. The second-order valence-corrected chi connectivity index (χ2v) is 2.42. The molecule has 0 aliphatic heterocycles. The van der Waals surface area contributed by atoms with Crippen LogP contribution >= 0.6 is 9.24 Å². The smallest absolute Gasteiger partial charge is 0.0569 e. The van der Waals surface area contributed by atoms with Gasteiger partial charge < -0.3 is 6.42 Å². The fourth-order valence-corrected chi connectivity index (χ4v) is 0.573. The summed E-state index contributed by atoms with van der Waals surface area (Å²) >= 11 is 0. The molecule has 0 aliphatic rings. The van der Waals surface area contributed by atoms with Gasteiger partial charge in [0.25, 0.3) is 0 Å². The Labute approximate surface area is 85.5 Å². The number of hydrogen-bond acceptors (Lipinski definition) is 1. The second kappa shape index (κ2) is 10.3. The SMILES string of the molecule is C[CH-]C.Pc1ccccn1.[W]. The Morgan fingerprint density at radius 1 is 1.36 bits per heavy atom. The summed E-state index contributed by atoms with van der Waals surface area (Å²) < 4.78 is 0. The zero-order valence-electron chi connectivity index (χ0n) is 6.82. The average molecular weight is 338 g/mol. The molecule has 1 atom stereocenters. The van der Waals surface area contributed by atoms with E-state index in [1.54, 1.807) is 6.20 Å². The van der Waals surface area contributed by atoms with Crippen LogP contribution in [0.1, 0.15) is 13.8 Å². The summed E-state index contributed by atoms with van der Waals surface area (Å²) in [5.41, 5.74) is 0.988. The predicted octanol–water partition coefficient (Wildman–Crippen LogP) is 1.81. The van der Waals surface area contributed by atoms with Crippen molar-refractivity contribution in [3.05, 3.63) is 30.8 Å². The second-order valence-electron chi connectivity index (χ2n) is 1.83. The molecule has 1 rings (SSSR count). The maximum Gasteiger partial charge on any atom is 0.0569 e. The molecule has 0 aliphatic carbocycles. The third kappa shape index (κ3) is 10.3. The van der Waals surface area contributed by atoms with Gasteiger partial charge in [0.05, 0.1) is 5.44 Å². The van der Waals surface area contributed by atoms with E-state index in [0.717, 1.165) is 5.44 Å². The van der Waals surface area contributed by atoms with Gasteiger partial charge in [-0.25, -0.2) is 0 Å². The van der Waals surface area contributed by atoms with Crippen LogP contribution in [0.3, 0.4) is 0 Å². The van der Waals surface area contributed by atoms with Crippen molar-refractivity contribution >= 4 is 14.7 Å². The van der Waals surface area contributed by atoms with Crippen molar-refractivity contribution in [2.75, 3.05) is 0 Å². The van der Waals surface area contributed by atoms with Crippen LogP contribution in [-0.2, 0) is 21.1 Å². The van der Waals surface area contributed by atoms with Crippen molar-refractivity contribution in [2.24, 2.45) is 0 Å². The van der Waals surface area contributed by atoms with Gasteiger partial charge in [-0.1, -0.05) is 15.3 Å². The van der Waals surface area contributed by atoms with Crippen molar-refractivity contribution in [1.29, 1.82) is 0 Å². The number of pyridine rings is 1. The van der Waals surface area contributed by atoms with Crippen LogP contribution in [0.15, 0.2) is 24.4 Å². The molecule has 0 bridgehead atoms. The zero-order valence-corrected chi connectivity index (χ0v) is 10.9. The molecule has 1 heterocycles. The van der Waals surface area contributed by atoms with E-state index in [9.17, 15) is 0 Å². The summed E-state index contributed by atoms with van der Waals surface area (Å²) in [5.74, 6) is 0. The number of nitrogens with zero attached hydrogens (tertiary/aromatic N) is 1. The Kier molecular flexibility index (Phi) is 12.9. The van der Waals surface area contributed by atoms with Gasteiger partial charge in [0, 0.05) is 27.3 Å². The molecule has 3 heteroatoms. The zero-order chi connectivity index (χ0) is 7.82. The molecule has 0 radical (unpaired) electrons. The molecule has 1 unspecified atom stereocenters. The molecule has 1 aromatic heterocycles. The van der Waals surface area contributed by atoms with Crippen LogP contribution in [0.5, 0.6) is 0 Å². The minimum Gasteiger partial charge on any atom is -0.335 e. The first-order valence-corrected chi connectivity index (χ1v) is 3.79. The molecule has 11 heavy (non-hydrogen) atoms. The standard InChI is InChI=1S/C5H6NP.C3H7.W/c7-5-3-1-2-4-6-5;1-3-2;/h1-4H,7H2;3H,1-2H3;/q;-1;. The Morgan fingerprint density at radius 3 is 2.09 bits per heavy atom. The number of aromatic nitrogens is 1. The molecule has 0 saturated heterocycles. The van der Waals surface area contributed by atoms with E-state index >= 15 is 0 Å². The molecule has 0 N–H and O–H groups in total. The van der Waals surface area contributed by atoms with E-state index in [1.165, 1.54) is 0 Å². The van der Waals surface area contributed by atoms with Gasteiger partial charge in [-0.05, 0) is 12.1 Å². The van der Waals surface area contributed by atoms with Gasteiger partial charge in [-0.15, -0.1) is 0 Å². The molecule has 1 aromatic rings. The molecule has 0 spiro atoms. The monoisotopic (exact) mass is 338 g/mol. The molecule has 0 aromatic carbocycles. The summed E-state index contributed by atoms with van der Waals surface area (Å²) in [4.78, 5) is 3.94. The van der Waals surface area contributed by atoms with Crippen LogP contribution in [-0.4, -0.2) is 4.98 Å². The minimum atomic E-state index is 0. The molecule has 1 nitrogen and oxygen atoms in total. The predicted molar refractivity (Wildman–Crippen MR) is 49.2 cm³/mol. The molecule has 0 amide bonds. The first-order chi connectivity index (χ1) is 4.81. The summed E-state index contributed by atoms with van der Waals surface area (Å²) in [6.07, 6.45) is 3.77. The van der Waals surface area contributed by atoms with Gasteiger partial charge >= 0.3 is 0 Å². The van der Waals surface area contributed by atoms with Gasteiger partial charge in [-0.2, -0.15) is 13.8 Å². The quantitative estimate of drug-likeness (QED) is 0.520. The molecule has 62 valence electrons. The Morgan fingerprint density at radius 2 is 1.91 bits per heavy atom. The fraction of sp³-hybridized carbons (Fsp3) is 0.250. The normalized spacial score (nSPS) is 7.18. The minimum absolute atomic E-state index is 0. The van der Waals surface area contributed by atoms with Gasteiger partial charge in [0.15, 0.2) is 0 Å². The van der Waals surface area contributed by atoms with E-state index in [0.29, 0.717) is 0 Å². The number of hydrogen-bond donors (Lipinski definition) is 0. The molecule has 0 saturated carbocycles. The third-order valence-corrected chi connectivity index (χ3v) is 1.03. The van der Waals surface area contributed by atoms with Crippen molar-refractivity contribution in [2.45, 2.75) is 13.8 Å². The number of rotatable bonds is 0. The fourth-order valence-electron chi connectivity index (χ4n) is 0.376. The summed E-state index contributed by atoms with van der Waals surface area (Å²) in [6, 6.07) is 5.79. The topological polar surface area (TPSA) is 12.9 Å². The summed E-state index contributed by atoms with van der Waals surface area (Å²) in [6.45, 7) is 4.00.